The number of unbranched alkanes of at least 4 members (excludes halogenated alkanes) is 1. The van der Waals surface area contributed by atoms with Gasteiger partial charge in [-0.2, -0.15) is 0 Å². The summed E-state index contributed by atoms with van der Waals surface area (Å²) < 4.78 is 0. The third-order valence-electron chi connectivity index (χ3n) is 12.9. The van der Waals surface area contributed by atoms with Crippen LogP contribution in [0.15, 0.2) is 9.98 Å². The summed E-state index contributed by atoms with van der Waals surface area (Å²) in [5, 5.41) is 51.5. The van der Waals surface area contributed by atoms with Crippen LogP contribution in [0.3, 0.4) is 0 Å². The Hall–Kier alpha value is -8.47. The van der Waals surface area contributed by atoms with Crippen LogP contribution < -0.4 is 93.7 Å². The quantitative estimate of drug-likeness (QED) is 0.0153. The molecular formula is C53H97N19O16. The molecule has 0 aromatic carbocycles. The number of guanidine groups is 2. The second kappa shape index (κ2) is 42.4. The standard InChI is InChI=1S/C53H97N19O16/c1-26(2)21-29(55)42(78)69-37(24-40(57)75)49(85)66-33(15-17-41(76)77)45(81)65-30(12-9-19-62-52(58)59)43(79)64-31(13-10-20-63-53(60)61)44(80)70-35(22-27(3)4)47(83)71-36(23-28(5)6)48(84)72-38(25-73)50(86)67-32(14-16-39(56)74)46(82)68-34(51(87)88)11-7-8-18-54/h26-38,73H,7-25,54-55H2,1-6H3,(H2,56,74)(H2,57,75)(H,64,79)(H,65,81)(H,66,85)(H,67,86)(H,68,82)(H,69,78)(H,70,80)(H,71,83)(H,72,84)(H,76,77)(H,87,88)(H4,58,59,62)(H4,60,61,63)/t29-,30-,31-,32-,33-,34-,35-,36-,37-,38-/m0/s1. The van der Waals surface area contributed by atoms with Crippen LogP contribution in [0.1, 0.15) is 138 Å². The van der Waals surface area contributed by atoms with Crippen LogP contribution in [-0.4, -0.2) is 191 Å². The summed E-state index contributed by atoms with van der Waals surface area (Å²) in [6.07, 6.45) is -2.55. The highest BCUT2D eigenvalue weighted by Crippen LogP contribution is 2.13. The number of nitrogens with zero attached hydrogens (tertiary/aromatic N) is 2. The summed E-state index contributed by atoms with van der Waals surface area (Å²) >= 11 is 0. The minimum Gasteiger partial charge on any atom is -0.481 e. The lowest BCUT2D eigenvalue weighted by Crippen LogP contribution is -2.61. The maximum Gasteiger partial charge on any atom is 0.326 e. The Bertz CT molecular complexity index is 2400. The van der Waals surface area contributed by atoms with Crippen molar-refractivity contribution in [2.75, 3.05) is 26.2 Å². The number of carboxylic acid groups (broad SMARTS) is 2. The molecule has 0 bridgehead atoms. The molecule has 0 radical (unpaired) electrons. The van der Waals surface area contributed by atoms with Crippen molar-refractivity contribution in [1.82, 2.24) is 47.9 Å². The molecule has 35 heteroatoms. The van der Waals surface area contributed by atoms with Crippen LogP contribution >= 0.6 is 0 Å². The van der Waals surface area contributed by atoms with Crippen molar-refractivity contribution in [2.24, 2.45) is 73.6 Å². The van der Waals surface area contributed by atoms with Gasteiger partial charge in [-0.15, -0.1) is 0 Å². The number of carboxylic acids is 2. The van der Waals surface area contributed by atoms with Gasteiger partial charge in [-0.25, -0.2) is 4.79 Å². The molecule has 0 aromatic heterocycles. The van der Waals surface area contributed by atoms with Gasteiger partial charge in [-0.3, -0.25) is 67.5 Å². The van der Waals surface area contributed by atoms with E-state index in [9.17, 15) is 77.6 Å². The van der Waals surface area contributed by atoms with Crippen molar-refractivity contribution in [1.29, 1.82) is 0 Å². The van der Waals surface area contributed by atoms with E-state index < -0.39 is 176 Å². The zero-order chi connectivity index (χ0) is 67.4. The molecule has 0 aromatic rings. The van der Waals surface area contributed by atoms with Crippen LogP contribution in [0.5, 0.6) is 0 Å². The van der Waals surface area contributed by atoms with Crippen LogP contribution in [0.4, 0.5) is 0 Å². The average molecular weight is 1260 g/mol. The molecule has 0 aliphatic heterocycles. The van der Waals surface area contributed by atoms with Gasteiger partial charge >= 0.3 is 11.9 Å². The number of carbonyl (C=O) groups is 13. The number of aliphatic hydroxyl groups is 1. The number of nitrogens with one attached hydrogen (secondary N) is 9. The van der Waals surface area contributed by atoms with E-state index in [4.69, 9.17) is 45.9 Å². The van der Waals surface area contributed by atoms with Crippen LogP contribution in [-0.2, 0) is 62.3 Å². The summed E-state index contributed by atoms with van der Waals surface area (Å²) in [5.41, 5.74) is 44.2. The topological polar surface area (TPSA) is 624 Å². The number of nitrogens with two attached hydrogens (primary N) is 8. The zero-order valence-electron chi connectivity index (χ0n) is 51.1. The zero-order valence-corrected chi connectivity index (χ0v) is 51.1. The highest BCUT2D eigenvalue weighted by molar-refractivity contribution is 5.99. The molecule has 0 aliphatic carbocycles. The molecule has 0 spiro atoms. The minimum atomic E-state index is -1.79. The third-order valence-corrected chi connectivity index (χ3v) is 12.9. The Kier molecular flexibility index (Phi) is 38.3. The highest BCUT2D eigenvalue weighted by atomic mass is 16.4. The first-order valence-corrected chi connectivity index (χ1v) is 29.0. The molecule has 0 heterocycles. The Morgan fingerprint density at radius 3 is 1.07 bits per heavy atom. The number of carbonyl (C=O) groups excluding carboxylic acids is 11. The second-order valence-electron chi connectivity index (χ2n) is 22.4. The van der Waals surface area contributed by atoms with E-state index in [2.05, 4.69) is 57.8 Å². The fourth-order valence-electron chi connectivity index (χ4n) is 8.47. The Balaban J connectivity index is 7.13. The van der Waals surface area contributed by atoms with Crippen LogP contribution in [0.2, 0.25) is 0 Å². The van der Waals surface area contributed by atoms with E-state index in [0.29, 0.717) is 12.8 Å². The Labute approximate surface area is 511 Å². The smallest absolute Gasteiger partial charge is 0.326 e. The van der Waals surface area contributed by atoms with E-state index in [1.165, 1.54) is 0 Å². The molecule has 35 nitrogen and oxygen atoms in total. The van der Waals surface area contributed by atoms with Gasteiger partial charge in [-0.05, 0) is 101 Å². The Morgan fingerprint density at radius 1 is 0.386 bits per heavy atom. The van der Waals surface area contributed by atoms with Gasteiger partial charge < -0.3 is 109 Å². The number of aliphatic imine (C=N–C) groups is 2. The van der Waals surface area contributed by atoms with E-state index in [1.807, 2.05) is 0 Å². The molecule has 0 saturated carbocycles. The lowest BCUT2D eigenvalue weighted by Gasteiger charge is -2.29. The van der Waals surface area contributed by atoms with Crippen LogP contribution in [0, 0.1) is 17.8 Å². The van der Waals surface area contributed by atoms with Crippen LogP contribution in [0.25, 0.3) is 0 Å². The maximum atomic E-state index is 14.5. The molecular weight excluding hydrogens is 1160 g/mol. The van der Waals surface area contributed by atoms with E-state index in [-0.39, 0.29) is 101 Å². The van der Waals surface area contributed by atoms with Gasteiger partial charge in [0.15, 0.2) is 11.9 Å². The highest BCUT2D eigenvalue weighted by Gasteiger charge is 2.36. The lowest BCUT2D eigenvalue weighted by atomic mass is 9.99. The largest absolute Gasteiger partial charge is 0.481 e. The van der Waals surface area contributed by atoms with Crippen molar-refractivity contribution >= 4 is 88.8 Å². The molecule has 500 valence electrons. The normalized spacial score (nSPS) is 14.5. The summed E-state index contributed by atoms with van der Waals surface area (Å²) in [5.74, 6) is -15.1. The van der Waals surface area contributed by atoms with Crippen molar-refractivity contribution in [2.45, 2.75) is 198 Å². The average Bonchev–Trinajstić information content (AvgIpc) is 3.60. The summed E-state index contributed by atoms with van der Waals surface area (Å²) in [6.45, 7) is 9.45. The lowest BCUT2D eigenvalue weighted by molar-refractivity contribution is -0.143. The van der Waals surface area contributed by atoms with Crippen molar-refractivity contribution < 1.29 is 77.6 Å². The monoisotopic (exact) mass is 1260 g/mol. The Morgan fingerprint density at radius 2 is 0.716 bits per heavy atom. The first kappa shape index (κ1) is 79.5. The first-order valence-electron chi connectivity index (χ1n) is 29.0. The SMILES string of the molecule is CC(C)C[C@H](NC(=O)[C@H](CC(C)C)NC(=O)[C@H](CCCN=C(N)N)NC(=O)[C@H](CCCN=C(N)N)NC(=O)[C@H](CCC(=O)O)NC(=O)[C@H](CC(N)=O)NC(=O)[C@@H](N)CC(C)C)C(=O)N[C@@H](CO)C(=O)N[C@@H](CCC(N)=O)C(=O)N[C@@H](CCCCN)C(=O)O. The fourth-order valence-corrected chi connectivity index (χ4v) is 8.47. The van der Waals surface area contributed by atoms with Gasteiger partial charge in [0.1, 0.15) is 54.4 Å². The van der Waals surface area contributed by atoms with Gasteiger partial charge in [0.05, 0.1) is 19.1 Å². The molecule has 0 rings (SSSR count). The number of aliphatic carboxylic acids is 2. The van der Waals surface area contributed by atoms with E-state index in [0.717, 1.165) is 0 Å². The van der Waals surface area contributed by atoms with Gasteiger partial charge in [0, 0.05) is 25.9 Å². The molecule has 0 saturated heterocycles. The number of rotatable bonds is 46. The number of primary amides is 2. The molecule has 88 heavy (non-hydrogen) atoms. The first-order chi connectivity index (χ1) is 41.1. The van der Waals surface area contributed by atoms with Crippen molar-refractivity contribution in [3.63, 3.8) is 0 Å². The predicted molar refractivity (Wildman–Crippen MR) is 320 cm³/mol. The maximum absolute atomic E-state index is 14.5. The molecule has 28 N–H and O–H groups in total. The second-order valence-corrected chi connectivity index (χ2v) is 22.4. The molecule has 0 unspecified atom stereocenters. The number of amides is 11. The van der Waals surface area contributed by atoms with Gasteiger partial charge in [0.25, 0.3) is 0 Å². The minimum absolute atomic E-state index is 0.00150. The number of hydrogen-bond acceptors (Lipinski definition) is 18. The summed E-state index contributed by atoms with van der Waals surface area (Å²) in [4.78, 5) is 180. The molecule has 0 fully saturated rings. The van der Waals surface area contributed by atoms with Gasteiger partial charge in [0.2, 0.25) is 65.0 Å². The van der Waals surface area contributed by atoms with Crippen molar-refractivity contribution in [3.05, 3.63) is 0 Å². The van der Waals surface area contributed by atoms with Gasteiger partial charge in [-0.1, -0.05) is 41.5 Å². The van der Waals surface area contributed by atoms with E-state index >= 15 is 0 Å². The summed E-state index contributed by atoms with van der Waals surface area (Å²) in [6, 6.07) is -15.3. The molecule has 11 amide bonds. The number of aliphatic hydroxyl groups excluding tert-OH is 1. The predicted octanol–water partition coefficient (Wildman–Crippen LogP) is -6.87. The van der Waals surface area contributed by atoms with Crippen molar-refractivity contribution in [3.8, 4) is 0 Å². The molecule has 10 atom stereocenters. The third kappa shape index (κ3) is 34.6. The molecule has 0 aliphatic rings. The number of hydrogen-bond donors (Lipinski definition) is 20. The van der Waals surface area contributed by atoms with E-state index in [1.54, 1.807) is 41.5 Å². The summed E-state index contributed by atoms with van der Waals surface area (Å²) in [7, 11) is 0. The fraction of sp³-hybridized carbons (Fsp3) is 0.717.